The van der Waals surface area contributed by atoms with E-state index in [9.17, 15) is 9.18 Å². The summed E-state index contributed by atoms with van der Waals surface area (Å²) in [4.78, 5) is 14.2. The zero-order valence-electron chi connectivity index (χ0n) is 11.5. The molecule has 1 N–H and O–H groups in total. The van der Waals surface area contributed by atoms with Crippen molar-refractivity contribution in [1.82, 2.24) is 10.2 Å². The molecule has 2 atom stereocenters. The molecule has 0 radical (unpaired) electrons. The van der Waals surface area contributed by atoms with Crippen molar-refractivity contribution in [2.24, 2.45) is 5.92 Å². The SMILES string of the molecule is CCN(Cc1cccc(F)c1)C(=O)C1NCCC1C. The van der Waals surface area contributed by atoms with E-state index >= 15 is 0 Å². The molecule has 3 nitrogen and oxygen atoms in total. The predicted molar refractivity (Wildman–Crippen MR) is 73.1 cm³/mol. The second-order valence-corrected chi connectivity index (χ2v) is 5.18. The zero-order valence-corrected chi connectivity index (χ0v) is 11.5. The van der Waals surface area contributed by atoms with Crippen LogP contribution in [0.15, 0.2) is 24.3 Å². The van der Waals surface area contributed by atoms with Gasteiger partial charge in [-0.25, -0.2) is 4.39 Å². The summed E-state index contributed by atoms with van der Waals surface area (Å²) in [7, 11) is 0. The van der Waals surface area contributed by atoms with Gasteiger partial charge in [0.1, 0.15) is 5.82 Å². The number of rotatable bonds is 4. The van der Waals surface area contributed by atoms with Gasteiger partial charge in [0.25, 0.3) is 0 Å². The fourth-order valence-electron chi connectivity index (χ4n) is 2.56. The first-order chi connectivity index (χ1) is 9.11. The summed E-state index contributed by atoms with van der Waals surface area (Å²) >= 11 is 0. The van der Waals surface area contributed by atoms with Crippen LogP contribution >= 0.6 is 0 Å². The van der Waals surface area contributed by atoms with E-state index in [2.05, 4.69) is 12.2 Å². The fraction of sp³-hybridized carbons (Fsp3) is 0.533. The summed E-state index contributed by atoms with van der Waals surface area (Å²) in [5.74, 6) is 0.235. The normalized spacial score (nSPS) is 22.5. The summed E-state index contributed by atoms with van der Waals surface area (Å²) in [6.07, 6.45) is 1.04. The first-order valence-electron chi connectivity index (χ1n) is 6.88. The lowest BCUT2D eigenvalue weighted by Gasteiger charge is -2.26. The zero-order chi connectivity index (χ0) is 13.8. The van der Waals surface area contributed by atoms with Crippen LogP contribution in [-0.4, -0.2) is 29.9 Å². The summed E-state index contributed by atoms with van der Waals surface area (Å²) in [5.41, 5.74) is 0.834. The minimum atomic E-state index is -0.256. The number of likely N-dealkylation sites (N-methyl/N-ethyl adjacent to an activating group) is 1. The molecular weight excluding hydrogens is 243 g/mol. The molecule has 1 amide bonds. The van der Waals surface area contributed by atoms with E-state index in [1.165, 1.54) is 12.1 Å². The van der Waals surface area contributed by atoms with Crippen molar-refractivity contribution in [2.45, 2.75) is 32.9 Å². The third-order valence-electron chi connectivity index (χ3n) is 3.75. The van der Waals surface area contributed by atoms with Crippen molar-refractivity contribution in [3.8, 4) is 0 Å². The fourth-order valence-corrected chi connectivity index (χ4v) is 2.56. The van der Waals surface area contributed by atoms with Crippen LogP contribution in [0.5, 0.6) is 0 Å². The van der Waals surface area contributed by atoms with Gasteiger partial charge in [0.2, 0.25) is 5.91 Å². The third kappa shape index (κ3) is 3.32. The molecule has 1 fully saturated rings. The van der Waals surface area contributed by atoms with Crippen LogP contribution in [-0.2, 0) is 11.3 Å². The second-order valence-electron chi connectivity index (χ2n) is 5.18. The Labute approximate surface area is 113 Å². The molecule has 1 aromatic rings. The predicted octanol–water partition coefficient (Wildman–Crippen LogP) is 2.17. The molecule has 1 aliphatic rings. The van der Waals surface area contributed by atoms with Gasteiger partial charge in [-0.3, -0.25) is 4.79 Å². The molecule has 1 aromatic carbocycles. The molecule has 2 unspecified atom stereocenters. The molecule has 19 heavy (non-hydrogen) atoms. The molecular formula is C15H21FN2O. The van der Waals surface area contributed by atoms with E-state index in [0.717, 1.165) is 18.5 Å². The maximum atomic E-state index is 13.2. The number of nitrogens with one attached hydrogen (secondary N) is 1. The summed E-state index contributed by atoms with van der Waals surface area (Å²) < 4.78 is 13.2. The third-order valence-corrected chi connectivity index (χ3v) is 3.75. The Morgan fingerprint density at radius 2 is 2.32 bits per heavy atom. The Balaban J connectivity index is 2.05. The quantitative estimate of drug-likeness (QED) is 0.904. The van der Waals surface area contributed by atoms with Gasteiger partial charge in [-0.15, -0.1) is 0 Å². The molecule has 0 bridgehead atoms. The van der Waals surface area contributed by atoms with Crippen molar-refractivity contribution < 1.29 is 9.18 Å². The number of benzene rings is 1. The number of carbonyl (C=O) groups is 1. The maximum Gasteiger partial charge on any atom is 0.240 e. The first kappa shape index (κ1) is 14.0. The second kappa shape index (κ2) is 6.15. The van der Waals surface area contributed by atoms with Crippen molar-refractivity contribution in [3.63, 3.8) is 0 Å². The van der Waals surface area contributed by atoms with E-state index < -0.39 is 0 Å². The topological polar surface area (TPSA) is 32.3 Å². The van der Waals surface area contributed by atoms with Crippen molar-refractivity contribution in [1.29, 1.82) is 0 Å². The first-order valence-corrected chi connectivity index (χ1v) is 6.88. The van der Waals surface area contributed by atoms with Gasteiger partial charge in [0, 0.05) is 13.1 Å². The number of amides is 1. The standard InChI is InChI=1S/C15H21FN2O/c1-3-18(10-12-5-4-6-13(16)9-12)15(19)14-11(2)7-8-17-14/h4-6,9,11,14,17H,3,7-8,10H2,1-2H3. The van der Waals surface area contributed by atoms with E-state index in [1.807, 2.05) is 13.0 Å². The van der Waals surface area contributed by atoms with Crippen LogP contribution in [0.25, 0.3) is 0 Å². The lowest BCUT2D eigenvalue weighted by molar-refractivity contribution is -0.134. The van der Waals surface area contributed by atoms with E-state index in [0.29, 0.717) is 19.0 Å². The molecule has 0 aliphatic carbocycles. The maximum absolute atomic E-state index is 13.2. The summed E-state index contributed by atoms with van der Waals surface area (Å²) in [6, 6.07) is 6.35. The average Bonchev–Trinajstić information content (AvgIpc) is 2.81. The highest BCUT2D eigenvalue weighted by atomic mass is 19.1. The monoisotopic (exact) mass is 264 g/mol. The molecule has 1 saturated heterocycles. The van der Waals surface area contributed by atoms with E-state index in [-0.39, 0.29) is 17.8 Å². The molecule has 4 heteroatoms. The molecule has 0 spiro atoms. The van der Waals surface area contributed by atoms with E-state index in [4.69, 9.17) is 0 Å². The number of halogens is 1. The minimum Gasteiger partial charge on any atom is -0.337 e. The lowest BCUT2D eigenvalue weighted by Crippen LogP contribution is -2.45. The highest BCUT2D eigenvalue weighted by molar-refractivity contribution is 5.82. The Kier molecular flexibility index (Phi) is 4.53. The van der Waals surface area contributed by atoms with Crippen LogP contribution in [0.1, 0.15) is 25.8 Å². The van der Waals surface area contributed by atoms with Crippen LogP contribution < -0.4 is 5.32 Å². The number of nitrogens with zero attached hydrogens (tertiary/aromatic N) is 1. The largest absolute Gasteiger partial charge is 0.337 e. The van der Waals surface area contributed by atoms with Crippen molar-refractivity contribution >= 4 is 5.91 Å². The molecule has 0 aromatic heterocycles. The molecule has 1 aliphatic heterocycles. The van der Waals surface area contributed by atoms with Gasteiger partial charge in [-0.1, -0.05) is 19.1 Å². The van der Waals surface area contributed by atoms with Gasteiger partial charge in [-0.2, -0.15) is 0 Å². The van der Waals surface area contributed by atoms with Crippen LogP contribution in [0, 0.1) is 11.7 Å². The van der Waals surface area contributed by atoms with Gasteiger partial charge >= 0.3 is 0 Å². The van der Waals surface area contributed by atoms with Crippen molar-refractivity contribution in [2.75, 3.05) is 13.1 Å². The van der Waals surface area contributed by atoms with Crippen molar-refractivity contribution in [3.05, 3.63) is 35.6 Å². The van der Waals surface area contributed by atoms with Gasteiger partial charge in [0.15, 0.2) is 0 Å². The molecule has 2 rings (SSSR count). The van der Waals surface area contributed by atoms with Gasteiger partial charge < -0.3 is 10.2 Å². The molecule has 1 heterocycles. The van der Waals surface area contributed by atoms with E-state index in [1.54, 1.807) is 11.0 Å². The Bertz CT molecular complexity index is 450. The van der Waals surface area contributed by atoms with Crippen LogP contribution in [0.4, 0.5) is 4.39 Å². The summed E-state index contributed by atoms with van der Waals surface area (Å²) in [5, 5.41) is 3.25. The Morgan fingerprint density at radius 1 is 1.53 bits per heavy atom. The smallest absolute Gasteiger partial charge is 0.240 e. The number of hydrogen-bond donors (Lipinski definition) is 1. The van der Waals surface area contributed by atoms with Crippen LogP contribution in [0.2, 0.25) is 0 Å². The highest BCUT2D eigenvalue weighted by Gasteiger charge is 2.31. The highest BCUT2D eigenvalue weighted by Crippen LogP contribution is 2.18. The number of hydrogen-bond acceptors (Lipinski definition) is 2. The molecule has 104 valence electrons. The van der Waals surface area contributed by atoms with Gasteiger partial charge in [-0.05, 0) is 43.5 Å². The van der Waals surface area contributed by atoms with Crippen LogP contribution in [0.3, 0.4) is 0 Å². The lowest BCUT2D eigenvalue weighted by atomic mass is 10.0. The van der Waals surface area contributed by atoms with Gasteiger partial charge in [0.05, 0.1) is 6.04 Å². The molecule has 0 saturated carbocycles. The minimum absolute atomic E-state index is 0.0893. The number of carbonyl (C=O) groups excluding carboxylic acids is 1. The summed E-state index contributed by atoms with van der Waals surface area (Å²) in [6.45, 7) is 6.06. The average molecular weight is 264 g/mol. The Hall–Kier alpha value is -1.42. The Morgan fingerprint density at radius 3 is 2.89 bits per heavy atom.